The predicted molar refractivity (Wildman–Crippen MR) is 70.7 cm³/mol. The third kappa shape index (κ3) is 2.77. The monoisotopic (exact) mass is 279 g/mol. The van der Waals surface area contributed by atoms with Gasteiger partial charge in [-0.05, 0) is 37.8 Å². The molecule has 2 unspecified atom stereocenters. The number of aromatic nitrogens is 1. The van der Waals surface area contributed by atoms with Gasteiger partial charge in [-0.3, -0.25) is 0 Å². The molecular weight excluding hydrogens is 262 g/mol. The second-order valence-electron chi connectivity index (χ2n) is 5.10. The van der Waals surface area contributed by atoms with E-state index < -0.39 is 10.0 Å². The van der Waals surface area contributed by atoms with Crippen LogP contribution in [-0.2, 0) is 10.0 Å². The summed E-state index contributed by atoms with van der Waals surface area (Å²) in [7, 11) is -3.51. The molecule has 1 aliphatic heterocycles. The molecule has 0 saturated carbocycles. The maximum Gasteiger partial charge on any atom is 0.244 e. The smallest absolute Gasteiger partial charge is 0.244 e. The minimum atomic E-state index is -3.51. The van der Waals surface area contributed by atoms with Crippen LogP contribution in [0, 0.1) is 17.2 Å². The van der Waals surface area contributed by atoms with Gasteiger partial charge in [-0.2, -0.15) is 9.57 Å². The van der Waals surface area contributed by atoms with Gasteiger partial charge in [0.2, 0.25) is 10.0 Å². The molecule has 2 atom stereocenters. The Hall–Kier alpha value is -1.45. The van der Waals surface area contributed by atoms with Crippen LogP contribution in [0.4, 0.5) is 0 Å². The van der Waals surface area contributed by atoms with Crippen molar-refractivity contribution in [2.24, 2.45) is 5.92 Å². The van der Waals surface area contributed by atoms with Crippen LogP contribution in [0.3, 0.4) is 0 Å². The molecule has 0 bridgehead atoms. The zero-order valence-electron chi connectivity index (χ0n) is 11.1. The van der Waals surface area contributed by atoms with Crippen molar-refractivity contribution in [2.75, 3.05) is 6.54 Å². The van der Waals surface area contributed by atoms with Gasteiger partial charge in [0.15, 0.2) is 0 Å². The van der Waals surface area contributed by atoms with Crippen molar-refractivity contribution in [3.05, 3.63) is 24.0 Å². The first-order chi connectivity index (χ1) is 8.95. The largest absolute Gasteiger partial charge is 0.244 e. The number of hydrogen-bond acceptors (Lipinski definition) is 4. The fourth-order valence-electron chi connectivity index (χ4n) is 2.32. The van der Waals surface area contributed by atoms with Crippen LogP contribution in [0.15, 0.2) is 23.2 Å². The second-order valence-corrected chi connectivity index (χ2v) is 6.99. The summed E-state index contributed by atoms with van der Waals surface area (Å²) < 4.78 is 26.6. The molecule has 5 nitrogen and oxygen atoms in total. The average Bonchev–Trinajstić information content (AvgIpc) is 2.41. The fraction of sp³-hybridized carbons (Fsp3) is 0.538. The molecule has 1 aromatic rings. The Labute approximate surface area is 113 Å². The Balaban J connectivity index is 2.33. The van der Waals surface area contributed by atoms with Crippen molar-refractivity contribution in [3.8, 4) is 6.07 Å². The molecule has 1 saturated heterocycles. The van der Waals surface area contributed by atoms with E-state index in [0.717, 1.165) is 12.8 Å². The summed E-state index contributed by atoms with van der Waals surface area (Å²) in [6, 6.07) is 4.78. The molecule has 0 aromatic carbocycles. The van der Waals surface area contributed by atoms with Gasteiger partial charge < -0.3 is 0 Å². The number of piperidine rings is 1. The summed E-state index contributed by atoms with van der Waals surface area (Å²) in [5.74, 6) is 0.373. The van der Waals surface area contributed by atoms with E-state index in [1.54, 1.807) is 4.31 Å². The number of sulfonamides is 1. The highest BCUT2D eigenvalue weighted by molar-refractivity contribution is 7.89. The summed E-state index contributed by atoms with van der Waals surface area (Å²) in [5.41, 5.74) is 0.221. The first-order valence-electron chi connectivity index (χ1n) is 6.33. The van der Waals surface area contributed by atoms with Gasteiger partial charge in [-0.25, -0.2) is 13.4 Å². The molecule has 0 N–H and O–H groups in total. The number of rotatable bonds is 2. The first kappa shape index (κ1) is 14.0. The van der Waals surface area contributed by atoms with Crippen molar-refractivity contribution < 1.29 is 8.42 Å². The molecule has 2 rings (SSSR count). The van der Waals surface area contributed by atoms with Crippen LogP contribution in [0.5, 0.6) is 0 Å². The average molecular weight is 279 g/mol. The Kier molecular flexibility index (Phi) is 3.88. The molecule has 0 aliphatic carbocycles. The molecule has 1 aromatic heterocycles. The third-order valence-electron chi connectivity index (χ3n) is 3.52. The lowest BCUT2D eigenvalue weighted by molar-refractivity contribution is 0.218. The summed E-state index contributed by atoms with van der Waals surface area (Å²) >= 11 is 0. The van der Waals surface area contributed by atoms with Crippen LogP contribution < -0.4 is 0 Å². The van der Waals surface area contributed by atoms with Gasteiger partial charge in [-0.15, -0.1) is 0 Å². The van der Waals surface area contributed by atoms with E-state index >= 15 is 0 Å². The SMILES string of the molecule is CC1CCC(C)N(S(=O)(=O)c2ccc(C#N)nc2)C1. The molecule has 0 spiro atoms. The van der Waals surface area contributed by atoms with Gasteiger partial charge in [-0.1, -0.05) is 6.92 Å². The van der Waals surface area contributed by atoms with Crippen LogP contribution in [-0.4, -0.2) is 30.3 Å². The predicted octanol–water partition coefficient (Wildman–Crippen LogP) is 1.76. The lowest BCUT2D eigenvalue weighted by Crippen LogP contribution is -2.44. The molecule has 19 heavy (non-hydrogen) atoms. The van der Waals surface area contributed by atoms with Gasteiger partial charge in [0, 0.05) is 18.8 Å². The highest BCUT2D eigenvalue weighted by atomic mass is 32.2. The number of pyridine rings is 1. The molecule has 0 radical (unpaired) electrons. The van der Waals surface area contributed by atoms with Crippen LogP contribution in [0.2, 0.25) is 0 Å². The van der Waals surface area contributed by atoms with Crippen molar-refractivity contribution in [1.82, 2.24) is 9.29 Å². The Bertz CT molecular complexity index is 589. The molecule has 0 amide bonds. The standard InChI is InChI=1S/C13H17N3O2S/c1-10-3-4-11(2)16(9-10)19(17,18)13-6-5-12(7-14)15-8-13/h5-6,8,10-11H,3-4,9H2,1-2H3. The summed E-state index contributed by atoms with van der Waals surface area (Å²) in [6.45, 7) is 4.54. The maximum atomic E-state index is 12.5. The van der Waals surface area contributed by atoms with Gasteiger partial charge in [0.25, 0.3) is 0 Å². The molecule has 2 heterocycles. The highest BCUT2D eigenvalue weighted by Gasteiger charge is 2.33. The van der Waals surface area contributed by atoms with E-state index in [9.17, 15) is 8.42 Å². The van der Waals surface area contributed by atoms with Crippen molar-refractivity contribution in [3.63, 3.8) is 0 Å². The number of nitrogens with zero attached hydrogens (tertiary/aromatic N) is 3. The van der Waals surface area contributed by atoms with Crippen LogP contribution in [0.1, 0.15) is 32.4 Å². The maximum absolute atomic E-state index is 12.5. The lowest BCUT2D eigenvalue weighted by atomic mass is 9.97. The zero-order valence-corrected chi connectivity index (χ0v) is 11.9. The molecule has 1 aliphatic rings. The van der Waals surface area contributed by atoms with Crippen LogP contribution >= 0.6 is 0 Å². The summed E-state index contributed by atoms with van der Waals surface area (Å²) in [4.78, 5) is 4.00. The Morgan fingerprint density at radius 1 is 1.37 bits per heavy atom. The van der Waals surface area contributed by atoms with Crippen molar-refractivity contribution >= 4 is 10.0 Å². The Morgan fingerprint density at radius 3 is 2.68 bits per heavy atom. The van der Waals surface area contributed by atoms with E-state index in [1.807, 2.05) is 13.0 Å². The molecular formula is C13H17N3O2S. The van der Waals surface area contributed by atoms with E-state index in [0.29, 0.717) is 12.5 Å². The molecule has 6 heteroatoms. The van der Waals surface area contributed by atoms with Gasteiger partial charge in [0.05, 0.1) is 0 Å². The number of nitriles is 1. The van der Waals surface area contributed by atoms with Crippen LogP contribution in [0.25, 0.3) is 0 Å². The van der Waals surface area contributed by atoms with E-state index in [2.05, 4.69) is 11.9 Å². The third-order valence-corrected chi connectivity index (χ3v) is 5.48. The minimum Gasteiger partial charge on any atom is -0.244 e. The molecule has 102 valence electrons. The zero-order chi connectivity index (χ0) is 14.0. The summed E-state index contributed by atoms with van der Waals surface area (Å²) in [5, 5.41) is 8.68. The number of hydrogen-bond donors (Lipinski definition) is 0. The van der Waals surface area contributed by atoms with E-state index in [-0.39, 0.29) is 16.6 Å². The highest BCUT2D eigenvalue weighted by Crippen LogP contribution is 2.27. The Morgan fingerprint density at radius 2 is 2.11 bits per heavy atom. The normalized spacial score (nSPS) is 24.9. The minimum absolute atomic E-state index is 0.0110. The van der Waals surface area contributed by atoms with E-state index in [4.69, 9.17) is 5.26 Å². The summed E-state index contributed by atoms with van der Waals surface area (Å²) in [6.07, 6.45) is 3.20. The quantitative estimate of drug-likeness (QED) is 0.826. The van der Waals surface area contributed by atoms with Crippen molar-refractivity contribution in [2.45, 2.75) is 37.6 Å². The topological polar surface area (TPSA) is 74.1 Å². The van der Waals surface area contributed by atoms with Gasteiger partial charge >= 0.3 is 0 Å². The molecule has 1 fully saturated rings. The second kappa shape index (κ2) is 5.27. The van der Waals surface area contributed by atoms with E-state index in [1.165, 1.54) is 18.3 Å². The fourth-order valence-corrected chi connectivity index (χ4v) is 4.04. The van der Waals surface area contributed by atoms with Gasteiger partial charge in [0.1, 0.15) is 16.7 Å². The van der Waals surface area contributed by atoms with Crippen molar-refractivity contribution in [1.29, 1.82) is 5.26 Å². The lowest BCUT2D eigenvalue weighted by Gasteiger charge is -2.35. The first-order valence-corrected chi connectivity index (χ1v) is 7.77.